The summed E-state index contributed by atoms with van der Waals surface area (Å²) in [6.07, 6.45) is 1.95. The first kappa shape index (κ1) is 13.8. The number of nitrogens with zero attached hydrogens (tertiary/aromatic N) is 4. The lowest BCUT2D eigenvalue weighted by Gasteiger charge is -2.08. The van der Waals surface area contributed by atoms with Crippen LogP contribution in [-0.2, 0) is 20.1 Å². The lowest BCUT2D eigenvalue weighted by molar-refractivity contribution is 0.581. The average molecular weight is 261 g/mol. The minimum absolute atomic E-state index is 0.488. The molecule has 19 heavy (non-hydrogen) atoms. The van der Waals surface area contributed by atoms with Crippen LogP contribution in [0, 0.1) is 13.8 Å². The van der Waals surface area contributed by atoms with Gasteiger partial charge in [-0.15, -0.1) is 0 Å². The van der Waals surface area contributed by atoms with Gasteiger partial charge in [0.1, 0.15) is 0 Å². The first-order chi connectivity index (χ1) is 8.97. The Hall–Kier alpha value is -1.62. The molecule has 0 saturated heterocycles. The van der Waals surface area contributed by atoms with Crippen LogP contribution in [0.3, 0.4) is 0 Å². The van der Waals surface area contributed by atoms with Crippen LogP contribution in [-0.4, -0.2) is 25.6 Å². The summed E-state index contributed by atoms with van der Waals surface area (Å²) in [6, 6.07) is 2.59. The molecule has 2 rings (SSSR count). The van der Waals surface area contributed by atoms with Crippen LogP contribution in [0.15, 0.2) is 12.3 Å². The molecule has 0 fully saturated rings. The predicted molar refractivity (Wildman–Crippen MR) is 76.0 cm³/mol. The quantitative estimate of drug-likeness (QED) is 0.892. The summed E-state index contributed by atoms with van der Waals surface area (Å²) in [5, 5.41) is 12.3. The molecule has 0 unspecified atom stereocenters. The van der Waals surface area contributed by atoms with Crippen molar-refractivity contribution in [3.63, 3.8) is 0 Å². The van der Waals surface area contributed by atoms with Crippen LogP contribution in [0.1, 0.15) is 36.5 Å². The molecule has 0 aliphatic carbocycles. The molecule has 104 valence electrons. The van der Waals surface area contributed by atoms with Gasteiger partial charge >= 0.3 is 0 Å². The molecular formula is C14H23N5. The largest absolute Gasteiger partial charge is 0.310 e. The maximum Gasteiger partial charge on any atom is 0.0831 e. The standard InChI is InChI=1S/C14H23N5/c1-10(2)15-7-13-8-16-19(12(13)4)9-14-6-11(3)17-18(14)5/h6,8,10,15H,7,9H2,1-5H3. The van der Waals surface area contributed by atoms with E-state index in [0.29, 0.717) is 6.04 Å². The molecule has 0 saturated carbocycles. The Balaban J connectivity index is 2.11. The van der Waals surface area contributed by atoms with E-state index in [1.807, 2.05) is 29.5 Å². The zero-order chi connectivity index (χ0) is 14.0. The van der Waals surface area contributed by atoms with Crippen LogP contribution < -0.4 is 5.32 Å². The van der Waals surface area contributed by atoms with Gasteiger partial charge < -0.3 is 5.32 Å². The van der Waals surface area contributed by atoms with E-state index in [0.717, 1.165) is 18.8 Å². The highest BCUT2D eigenvalue weighted by molar-refractivity contribution is 5.18. The number of rotatable bonds is 5. The maximum atomic E-state index is 4.47. The van der Waals surface area contributed by atoms with Crippen molar-refractivity contribution in [1.82, 2.24) is 24.9 Å². The minimum Gasteiger partial charge on any atom is -0.310 e. The zero-order valence-corrected chi connectivity index (χ0v) is 12.4. The third-order valence-electron chi connectivity index (χ3n) is 3.32. The van der Waals surface area contributed by atoms with Crippen molar-refractivity contribution >= 4 is 0 Å². The van der Waals surface area contributed by atoms with Crippen LogP contribution in [0.5, 0.6) is 0 Å². The van der Waals surface area contributed by atoms with E-state index in [-0.39, 0.29) is 0 Å². The van der Waals surface area contributed by atoms with E-state index < -0.39 is 0 Å². The first-order valence-electron chi connectivity index (χ1n) is 6.71. The number of nitrogens with one attached hydrogen (secondary N) is 1. The Bertz CT molecular complexity index is 550. The molecule has 5 heteroatoms. The molecule has 0 aromatic carbocycles. The van der Waals surface area contributed by atoms with Gasteiger partial charge in [0, 0.05) is 30.9 Å². The van der Waals surface area contributed by atoms with Crippen molar-refractivity contribution in [2.45, 2.75) is 46.8 Å². The third-order valence-corrected chi connectivity index (χ3v) is 3.32. The first-order valence-corrected chi connectivity index (χ1v) is 6.71. The van der Waals surface area contributed by atoms with Crippen molar-refractivity contribution in [3.05, 3.63) is 34.9 Å². The number of hydrogen-bond acceptors (Lipinski definition) is 3. The molecule has 5 nitrogen and oxygen atoms in total. The molecule has 0 spiro atoms. The molecule has 0 atom stereocenters. The van der Waals surface area contributed by atoms with E-state index in [1.54, 1.807) is 0 Å². The lowest BCUT2D eigenvalue weighted by Crippen LogP contribution is -2.22. The summed E-state index contributed by atoms with van der Waals surface area (Å²) in [4.78, 5) is 0. The highest BCUT2D eigenvalue weighted by atomic mass is 15.3. The van der Waals surface area contributed by atoms with Gasteiger partial charge in [-0.1, -0.05) is 13.8 Å². The maximum absolute atomic E-state index is 4.47. The SMILES string of the molecule is Cc1cc(Cn2ncc(CNC(C)C)c2C)n(C)n1. The summed E-state index contributed by atoms with van der Waals surface area (Å²) < 4.78 is 3.95. The van der Waals surface area contributed by atoms with E-state index in [2.05, 4.69) is 42.4 Å². The van der Waals surface area contributed by atoms with Crippen molar-refractivity contribution in [1.29, 1.82) is 0 Å². The van der Waals surface area contributed by atoms with Crippen molar-refractivity contribution in [2.75, 3.05) is 0 Å². The molecule has 0 aliphatic rings. The lowest BCUT2D eigenvalue weighted by atomic mass is 10.2. The zero-order valence-electron chi connectivity index (χ0n) is 12.4. The van der Waals surface area contributed by atoms with E-state index in [1.165, 1.54) is 17.0 Å². The van der Waals surface area contributed by atoms with Gasteiger partial charge in [-0.25, -0.2) is 0 Å². The summed E-state index contributed by atoms with van der Waals surface area (Å²) in [5.41, 5.74) is 4.69. The van der Waals surface area contributed by atoms with Gasteiger partial charge in [0.25, 0.3) is 0 Å². The van der Waals surface area contributed by atoms with Gasteiger partial charge in [0.2, 0.25) is 0 Å². The normalized spacial score (nSPS) is 11.5. The molecule has 2 aromatic rings. The van der Waals surface area contributed by atoms with Crippen molar-refractivity contribution < 1.29 is 0 Å². The summed E-state index contributed by atoms with van der Waals surface area (Å²) in [5.74, 6) is 0. The van der Waals surface area contributed by atoms with Gasteiger partial charge in [-0.3, -0.25) is 9.36 Å². The Labute approximate surface area is 114 Å². The topological polar surface area (TPSA) is 47.7 Å². The number of aryl methyl sites for hydroxylation is 2. The molecule has 2 aromatic heterocycles. The van der Waals surface area contributed by atoms with Gasteiger partial charge in [0.15, 0.2) is 0 Å². The second-order valence-corrected chi connectivity index (χ2v) is 5.35. The Morgan fingerprint density at radius 2 is 2.05 bits per heavy atom. The average Bonchev–Trinajstić information content (AvgIpc) is 2.82. The van der Waals surface area contributed by atoms with E-state index >= 15 is 0 Å². The Morgan fingerprint density at radius 1 is 1.32 bits per heavy atom. The second kappa shape index (κ2) is 5.57. The predicted octanol–water partition coefficient (Wildman–Crippen LogP) is 1.78. The fourth-order valence-electron chi connectivity index (χ4n) is 2.10. The van der Waals surface area contributed by atoms with E-state index in [9.17, 15) is 0 Å². The van der Waals surface area contributed by atoms with Crippen LogP contribution in [0.25, 0.3) is 0 Å². The highest BCUT2D eigenvalue weighted by Gasteiger charge is 2.09. The van der Waals surface area contributed by atoms with Gasteiger partial charge in [-0.2, -0.15) is 10.2 Å². The number of aromatic nitrogens is 4. The monoisotopic (exact) mass is 261 g/mol. The Morgan fingerprint density at radius 3 is 2.63 bits per heavy atom. The highest BCUT2D eigenvalue weighted by Crippen LogP contribution is 2.11. The molecule has 0 bridgehead atoms. The van der Waals surface area contributed by atoms with E-state index in [4.69, 9.17) is 0 Å². The number of hydrogen-bond donors (Lipinski definition) is 1. The van der Waals surface area contributed by atoms with Crippen LogP contribution in [0.4, 0.5) is 0 Å². The molecule has 0 amide bonds. The Kier molecular flexibility index (Phi) is 4.04. The van der Waals surface area contributed by atoms with Crippen molar-refractivity contribution in [3.8, 4) is 0 Å². The minimum atomic E-state index is 0.488. The van der Waals surface area contributed by atoms with Gasteiger partial charge in [0.05, 0.1) is 24.1 Å². The molecule has 1 N–H and O–H groups in total. The summed E-state index contributed by atoms with van der Waals surface area (Å²) in [7, 11) is 1.97. The van der Waals surface area contributed by atoms with Gasteiger partial charge in [-0.05, 0) is 19.9 Å². The fraction of sp³-hybridized carbons (Fsp3) is 0.571. The molecule has 0 radical (unpaired) electrons. The van der Waals surface area contributed by atoms with Crippen LogP contribution >= 0.6 is 0 Å². The fourth-order valence-corrected chi connectivity index (χ4v) is 2.10. The smallest absolute Gasteiger partial charge is 0.0831 e. The molecular weight excluding hydrogens is 238 g/mol. The second-order valence-electron chi connectivity index (χ2n) is 5.35. The molecule has 0 aliphatic heterocycles. The van der Waals surface area contributed by atoms with Crippen molar-refractivity contribution in [2.24, 2.45) is 7.05 Å². The van der Waals surface area contributed by atoms with Crippen LogP contribution in [0.2, 0.25) is 0 Å². The third kappa shape index (κ3) is 3.23. The summed E-state index contributed by atoms with van der Waals surface area (Å²) in [6.45, 7) is 10.1. The summed E-state index contributed by atoms with van der Waals surface area (Å²) >= 11 is 0. The molecule has 2 heterocycles.